The van der Waals surface area contributed by atoms with E-state index in [-0.39, 0.29) is 5.56 Å². The molecule has 0 spiro atoms. The minimum atomic E-state index is -0.0773. The molecule has 1 aliphatic rings. The fraction of sp³-hybridized carbons (Fsp3) is 0.500. The molecule has 2 aromatic rings. The zero-order chi connectivity index (χ0) is 18.0. The quantitative estimate of drug-likeness (QED) is 0.829. The van der Waals surface area contributed by atoms with Crippen LogP contribution in [0.4, 0.5) is 5.69 Å². The molecule has 7 nitrogen and oxygen atoms in total. The van der Waals surface area contributed by atoms with Crippen LogP contribution in [0.2, 0.25) is 0 Å². The number of nitrogens with zero attached hydrogens (tertiary/aromatic N) is 5. The third kappa shape index (κ3) is 3.66. The first-order valence-electron chi connectivity index (χ1n) is 8.49. The summed E-state index contributed by atoms with van der Waals surface area (Å²) in [4.78, 5) is 20.9. The average molecular weight is 343 g/mol. The lowest BCUT2D eigenvalue weighted by Crippen LogP contribution is -2.46. The number of aromatic nitrogens is 3. The minimum Gasteiger partial charge on any atom is -0.496 e. The standard InChI is InChI=1S/C18H25N5O2/c1-13-10-19-16(14(2)18(13)25-4)12-22-5-7-23(8-6-22)15-9-17(24)21(3)20-11-15/h9-11H,5-8,12H2,1-4H3. The molecule has 2 aromatic heterocycles. The third-order valence-electron chi connectivity index (χ3n) is 4.81. The number of rotatable bonds is 4. The summed E-state index contributed by atoms with van der Waals surface area (Å²) in [6, 6.07) is 1.65. The van der Waals surface area contributed by atoms with Gasteiger partial charge in [0.1, 0.15) is 5.75 Å². The van der Waals surface area contributed by atoms with Gasteiger partial charge in [0, 0.05) is 63.2 Å². The highest BCUT2D eigenvalue weighted by Crippen LogP contribution is 2.25. The summed E-state index contributed by atoms with van der Waals surface area (Å²) in [7, 11) is 3.37. The van der Waals surface area contributed by atoms with Crippen molar-refractivity contribution in [3.63, 3.8) is 0 Å². The normalized spacial score (nSPS) is 15.4. The van der Waals surface area contributed by atoms with Gasteiger partial charge in [-0.15, -0.1) is 0 Å². The van der Waals surface area contributed by atoms with Crippen molar-refractivity contribution in [2.45, 2.75) is 20.4 Å². The number of pyridine rings is 1. The highest BCUT2D eigenvalue weighted by atomic mass is 16.5. The number of hydrogen-bond acceptors (Lipinski definition) is 6. The number of hydrogen-bond donors (Lipinski definition) is 0. The summed E-state index contributed by atoms with van der Waals surface area (Å²) in [5, 5.41) is 4.10. The number of anilines is 1. The second-order valence-electron chi connectivity index (χ2n) is 6.48. The van der Waals surface area contributed by atoms with Gasteiger partial charge in [-0.1, -0.05) is 0 Å². The Hall–Kier alpha value is -2.41. The van der Waals surface area contributed by atoms with Gasteiger partial charge in [-0.3, -0.25) is 14.7 Å². The van der Waals surface area contributed by atoms with Crippen LogP contribution in [0.5, 0.6) is 5.75 Å². The zero-order valence-corrected chi connectivity index (χ0v) is 15.3. The Bertz CT molecular complexity index is 810. The van der Waals surface area contributed by atoms with Crippen LogP contribution in [0.3, 0.4) is 0 Å². The van der Waals surface area contributed by atoms with Gasteiger partial charge in [-0.2, -0.15) is 5.10 Å². The Morgan fingerprint density at radius 1 is 1.16 bits per heavy atom. The molecule has 0 N–H and O–H groups in total. The fourth-order valence-electron chi connectivity index (χ4n) is 3.24. The van der Waals surface area contributed by atoms with E-state index in [1.165, 1.54) is 4.68 Å². The lowest BCUT2D eigenvalue weighted by Gasteiger charge is -2.35. The number of ether oxygens (including phenoxy) is 1. The van der Waals surface area contributed by atoms with Gasteiger partial charge in [-0.25, -0.2) is 4.68 Å². The molecule has 25 heavy (non-hydrogen) atoms. The molecule has 0 atom stereocenters. The summed E-state index contributed by atoms with van der Waals surface area (Å²) in [5.41, 5.74) is 4.05. The molecule has 0 aliphatic carbocycles. The molecule has 7 heteroatoms. The van der Waals surface area contributed by atoms with Gasteiger partial charge >= 0.3 is 0 Å². The van der Waals surface area contributed by atoms with Crippen LogP contribution >= 0.6 is 0 Å². The average Bonchev–Trinajstić information content (AvgIpc) is 2.61. The van der Waals surface area contributed by atoms with E-state index in [0.717, 1.165) is 61.0 Å². The Kier molecular flexibility index (Phi) is 5.03. The smallest absolute Gasteiger partial charge is 0.268 e. The Morgan fingerprint density at radius 2 is 1.88 bits per heavy atom. The van der Waals surface area contributed by atoms with Gasteiger partial charge in [0.15, 0.2) is 0 Å². The second-order valence-corrected chi connectivity index (χ2v) is 6.48. The number of aryl methyl sites for hydroxylation is 2. The van der Waals surface area contributed by atoms with Crippen molar-refractivity contribution in [1.29, 1.82) is 0 Å². The van der Waals surface area contributed by atoms with Crippen LogP contribution in [0.25, 0.3) is 0 Å². The number of methoxy groups -OCH3 is 1. The van der Waals surface area contributed by atoms with Crippen LogP contribution in [0.15, 0.2) is 23.3 Å². The lowest BCUT2D eigenvalue weighted by atomic mass is 10.1. The van der Waals surface area contributed by atoms with Gasteiger partial charge < -0.3 is 9.64 Å². The summed E-state index contributed by atoms with van der Waals surface area (Å²) < 4.78 is 6.84. The monoisotopic (exact) mass is 343 g/mol. The third-order valence-corrected chi connectivity index (χ3v) is 4.81. The van der Waals surface area contributed by atoms with Crippen molar-refractivity contribution in [3.8, 4) is 5.75 Å². The van der Waals surface area contributed by atoms with Crippen LogP contribution in [0, 0.1) is 13.8 Å². The maximum atomic E-state index is 11.8. The maximum Gasteiger partial charge on any atom is 0.268 e. The van der Waals surface area contributed by atoms with Crippen molar-refractivity contribution >= 4 is 5.69 Å². The van der Waals surface area contributed by atoms with E-state index >= 15 is 0 Å². The van der Waals surface area contributed by atoms with E-state index in [0.29, 0.717) is 0 Å². The van der Waals surface area contributed by atoms with E-state index in [1.54, 1.807) is 26.4 Å². The van der Waals surface area contributed by atoms with Crippen LogP contribution in [-0.2, 0) is 13.6 Å². The molecule has 0 unspecified atom stereocenters. The molecular weight excluding hydrogens is 318 g/mol. The predicted octanol–water partition coefficient (Wildman–Crippen LogP) is 1.12. The predicted molar refractivity (Wildman–Crippen MR) is 97.2 cm³/mol. The van der Waals surface area contributed by atoms with Crippen LogP contribution < -0.4 is 15.2 Å². The molecule has 3 heterocycles. The van der Waals surface area contributed by atoms with Crippen molar-refractivity contribution in [2.24, 2.45) is 7.05 Å². The highest BCUT2D eigenvalue weighted by Gasteiger charge is 2.20. The number of piperazine rings is 1. The molecule has 1 fully saturated rings. The van der Waals surface area contributed by atoms with Crippen molar-refractivity contribution < 1.29 is 4.74 Å². The van der Waals surface area contributed by atoms with Crippen molar-refractivity contribution in [2.75, 3.05) is 38.2 Å². The lowest BCUT2D eigenvalue weighted by molar-refractivity contribution is 0.246. The zero-order valence-electron chi connectivity index (χ0n) is 15.3. The van der Waals surface area contributed by atoms with Crippen LogP contribution in [0.1, 0.15) is 16.8 Å². The van der Waals surface area contributed by atoms with Crippen molar-refractivity contribution in [1.82, 2.24) is 19.7 Å². The molecule has 0 bridgehead atoms. The first kappa shape index (κ1) is 17.4. The molecule has 0 amide bonds. The Labute approximate surface area is 147 Å². The van der Waals surface area contributed by atoms with E-state index in [2.05, 4.69) is 26.8 Å². The molecule has 1 saturated heterocycles. The maximum absolute atomic E-state index is 11.8. The fourth-order valence-corrected chi connectivity index (χ4v) is 3.24. The topological polar surface area (TPSA) is 63.5 Å². The Morgan fingerprint density at radius 3 is 2.52 bits per heavy atom. The summed E-state index contributed by atoms with van der Waals surface area (Å²) in [6.45, 7) is 8.48. The summed E-state index contributed by atoms with van der Waals surface area (Å²) in [5.74, 6) is 0.926. The largest absolute Gasteiger partial charge is 0.496 e. The SMILES string of the molecule is COc1c(C)cnc(CN2CCN(c3cnn(C)c(=O)c3)CC2)c1C. The first-order valence-corrected chi connectivity index (χ1v) is 8.49. The summed E-state index contributed by atoms with van der Waals surface area (Å²) >= 11 is 0. The molecule has 1 aliphatic heterocycles. The Balaban J connectivity index is 1.65. The van der Waals surface area contributed by atoms with Gasteiger partial charge in [0.2, 0.25) is 0 Å². The second kappa shape index (κ2) is 7.23. The highest BCUT2D eigenvalue weighted by molar-refractivity contribution is 5.44. The van der Waals surface area contributed by atoms with Gasteiger partial charge in [0.05, 0.1) is 24.7 Å². The minimum absolute atomic E-state index is 0.0773. The van der Waals surface area contributed by atoms with Gasteiger partial charge in [0.25, 0.3) is 5.56 Å². The van der Waals surface area contributed by atoms with Crippen molar-refractivity contribution in [3.05, 3.63) is 45.6 Å². The molecular formula is C18H25N5O2. The molecule has 3 rings (SSSR count). The summed E-state index contributed by atoms with van der Waals surface area (Å²) in [6.07, 6.45) is 3.64. The van der Waals surface area contributed by atoms with E-state index in [1.807, 2.05) is 13.1 Å². The molecule has 134 valence electrons. The van der Waals surface area contributed by atoms with Gasteiger partial charge in [-0.05, 0) is 13.8 Å². The molecule has 0 radical (unpaired) electrons. The first-order chi connectivity index (χ1) is 12.0. The van der Waals surface area contributed by atoms with E-state index in [9.17, 15) is 4.79 Å². The molecule has 0 saturated carbocycles. The molecule has 0 aromatic carbocycles. The van der Waals surface area contributed by atoms with E-state index < -0.39 is 0 Å². The van der Waals surface area contributed by atoms with Crippen LogP contribution in [-0.4, -0.2) is 53.0 Å². The van der Waals surface area contributed by atoms with E-state index in [4.69, 9.17) is 4.74 Å².